The highest BCUT2D eigenvalue weighted by molar-refractivity contribution is 7.99. The van der Waals surface area contributed by atoms with Crippen LogP contribution >= 0.6 is 11.8 Å². The molecule has 6 nitrogen and oxygen atoms in total. The number of aromatic nitrogens is 4. The summed E-state index contributed by atoms with van der Waals surface area (Å²) in [6.45, 7) is 4.76. The lowest BCUT2D eigenvalue weighted by atomic mass is 10.5. The standard InChI is InChI=1S/C12H17N5OS/c1-5-13-11-10(18-4)12(15-7-14-11)19-9-6-8(2)16-17(9)3/h6-7H,5H2,1-4H3,(H,13,14,15). The third kappa shape index (κ3) is 2.98. The van der Waals surface area contributed by atoms with Crippen molar-refractivity contribution in [2.24, 2.45) is 7.05 Å². The topological polar surface area (TPSA) is 64.9 Å². The normalized spacial score (nSPS) is 10.5. The van der Waals surface area contributed by atoms with E-state index in [9.17, 15) is 0 Å². The summed E-state index contributed by atoms with van der Waals surface area (Å²) in [4.78, 5) is 8.47. The van der Waals surface area contributed by atoms with Crippen molar-refractivity contribution >= 4 is 17.6 Å². The molecule has 0 unspecified atom stereocenters. The summed E-state index contributed by atoms with van der Waals surface area (Å²) in [6.07, 6.45) is 1.53. The van der Waals surface area contributed by atoms with Gasteiger partial charge in [0.05, 0.1) is 12.8 Å². The van der Waals surface area contributed by atoms with Crippen molar-refractivity contribution in [2.45, 2.75) is 23.9 Å². The Morgan fingerprint density at radius 3 is 2.79 bits per heavy atom. The van der Waals surface area contributed by atoms with Crippen molar-refractivity contribution in [2.75, 3.05) is 19.0 Å². The van der Waals surface area contributed by atoms with Crippen molar-refractivity contribution in [1.82, 2.24) is 19.7 Å². The highest BCUT2D eigenvalue weighted by Gasteiger charge is 2.14. The Morgan fingerprint density at radius 2 is 2.21 bits per heavy atom. The largest absolute Gasteiger partial charge is 0.490 e. The molecule has 0 aliphatic heterocycles. The number of nitrogens with zero attached hydrogens (tertiary/aromatic N) is 4. The fourth-order valence-corrected chi connectivity index (χ4v) is 2.66. The van der Waals surface area contributed by atoms with Gasteiger partial charge in [0.25, 0.3) is 0 Å². The molecule has 1 N–H and O–H groups in total. The first-order chi connectivity index (χ1) is 9.15. The predicted octanol–water partition coefficient (Wildman–Crippen LogP) is 2.11. The second-order valence-corrected chi connectivity index (χ2v) is 4.95. The van der Waals surface area contributed by atoms with E-state index in [2.05, 4.69) is 20.4 Å². The Hall–Kier alpha value is -1.76. The molecule has 0 amide bonds. The monoisotopic (exact) mass is 279 g/mol. The second kappa shape index (κ2) is 5.92. The summed E-state index contributed by atoms with van der Waals surface area (Å²) < 4.78 is 7.24. The van der Waals surface area contributed by atoms with Crippen LogP contribution in [0.1, 0.15) is 12.6 Å². The van der Waals surface area contributed by atoms with Crippen LogP contribution < -0.4 is 10.1 Å². The van der Waals surface area contributed by atoms with Crippen molar-refractivity contribution in [3.05, 3.63) is 18.1 Å². The maximum absolute atomic E-state index is 5.41. The molecule has 2 aromatic rings. The van der Waals surface area contributed by atoms with E-state index in [1.807, 2.05) is 31.6 Å². The van der Waals surface area contributed by atoms with Gasteiger partial charge in [-0.25, -0.2) is 9.97 Å². The lowest BCUT2D eigenvalue weighted by Gasteiger charge is -2.11. The second-order valence-electron chi connectivity index (χ2n) is 3.94. The van der Waals surface area contributed by atoms with Crippen LogP contribution in [-0.4, -0.2) is 33.4 Å². The summed E-state index contributed by atoms with van der Waals surface area (Å²) in [7, 11) is 3.53. The van der Waals surface area contributed by atoms with Gasteiger partial charge in [0.2, 0.25) is 0 Å². The van der Waals surface area contributed by atoms with Gasteiger partial charge in [0.1, 0.15) is 16.4 Å². The molecule has 0 radical (unpaired) electrons. The zero-order chi connectivity index (χ0) is 13.8. The predicted molar refractivity (Wildman–Crippen MR) is 74.8 cm³/mol. The van der Waals surface area contributed by atoms with E-state index < -0.39 is 0 Å². The first-order valence-electron chi connectivity index (χ1n) is 5.97. The van der Waals surface area contributed by atoms with Gasteiger partial charge in [-0.3, -0.25) is 4.68 Å². The quantitative estimate of drug-likeness (QED) is 0.846. The Morgan fingerprint density at radius 1 is 1.42 bits per heavy atom. The van der Waals surface area contributed by atoms with Crippen LogP contribution in [0, 0.1) is 6.92 Å². The number of ether oxygens (including phenoxy) is 1. The molecule has 102 valence electrons. The zero-order valence-electron chi connectivity index (χ0n) is 11.5. The lowest BCUT2D eigenvalue weighted by molar-refractivity contribution is 0.400. The molecule has 0 bridgehead atoms. The highest BCUT2D eigenvalue weighted by atomic mass is 32.2. The van der Waals surface area contributed by atoms with E-state index in [0.29, 0.717) is 11.6 Å². The summed E-state index contributed by atoms with van der Waals surface area (Å²) in [6, 6.07) is 2.01. The van der Waals surface area contributed by atoms with Crippen LogP contribution in [0.4, 0.5) is 5.82 Å². The van der Waals surface area contributed by atoms with Crippen LogP contribution in [0.25, 0.3) is 0 Å². The smallest absolute Gasteiger partial charge is 0.194 e. The number of hydrogen-bond donors (Lipinski definition) is 1. The molecule has 0 saturated heterocycles. The van der Waals surface area contributed by atoms with Crippen molar-refractivity contribution in [3.8, 4) is 5.75 Å². The van der Waals surface area contributed by atoms with Gasteiger partial charge in [-0.05, 0) is 31.7 Å². The Labute approximate surface area is 116 Å². The molecule has 0 fully saturated rings. The summed E-state index contributed by atoms with van der Waals surface area (Å²) in [5.41, 5.74) is 0.977. The SMILES string of the molecule is CCNc1ncnc(Sc2cc(C)nn2C)c1OC. The molecule has 0 aliphatic rings. The summed E-state index contributed by atoms with van der Waals surface area (Å²) in [5, 5.41) is 9.26. The minimum atomic E-state index is 0.660. The van der Waals surface area contributed by atoms with Crippen molar-refractivity contribution < 1.29 is 4.74 Å². The maximum Gasteiger partial charge on any atom is 0.194 e. The van der Waals surface area contributed by atoms with E-state index in [1.165, 1.54) is 18.1 Å². The third-order valence-corrected chi connectivity index (χ3v) is 3.56. The first-order valence-corrected chi connectivity index (χ1v) is 6.78. The van der Waals surface area contributed by atoms with E-state index in [0.717, 1.165) is 22.3 Å². The number of anilines is 1. The molecule has 2 aromatic heterocycles. The number of aryl methyl sites for hydroxylation is 2. The molecule has 0 aliphatic carbocycles. The highest BCUT2D eigenvalue weighted by Crippen LogP contribution is 2.36. The lowest BCUT2D eigenvalue weighted by Crippen LogP contribution is -2.04. The van der Waals surface area contributed by atoms with Gasteiger partial charge in [-0.2, -0.15) is 5.10 Å². The average Bonchev–Trinajstić information content (AvgIpc) is 2.69. The maximum atomic E-state index is 5.41. The van der Waals surface area contributed by atoms with E-state index in [-0.39, 0.29) is 0 Å². The summed E-state index contributed by atoms with van der Waals surface area (Å²) >= 11 is 1.51. The number of hydrogen-bond acceptors (Lipinski definition) is 6. The average molecular weight is 279 g/mol. The minimum absolute atomic E-state index is 0.660. The van der Waals surface area contributed by atoms with E-state index in [4.69, 9.17) is 4.74 Å². The molecular weight excluding hydrogens is 262 g/mol. The van der Waals surface area contributed by atoms with E-state index in [1.54, 1.807) is 7.11 Å². The zero-order valence-corrected chi connectivity index (χ0v) is 12.3. The number of methoxy groups -OCH3 is 1. The molecule has 0 aromatic carbocycles. The van der Waals surface area contributed by atoms with Gasteiger partial charge in [0, 0.05) is 13.6 Å². The molecule has 0 atom stereocenters. The molecule has 0 saturated carbocycles. The van der Waals surface area contributed by atoms with E-state index >= 15 is 0 Å². The molecule has 2 heterocycles. The Kier molecular flexibility index (Phi) is 4.26. The fourth-order valence-electron chi connectivity index (χ4n) is 1.69. The molecule has 7 heteroatoms. The summed E-state index contributed by atoms with van der Waals surface area (Å²) in [5.74, 6) is 1.37. The number of rotatable bonds is 5. The molecule has 0 spiro atoms. The first kappa shape index (κ1) is 13.7. The van der Waals surface area contributed by atoms with Gasteiger partial charge in [0.15, 0.2) is 11.6 Å². The van der Waals surface area contributed by atoms with Crippen LogP contribution in [-0.2, 0) is 7.05 Å². The third-order valence-electron chi connectivity index (χ3n) is 2.48. The van der Waals surface area contributed by atoms with Crippen molar-refractivity contribution in [1.29, 1.82) is 0 Å². The van der Waals surface area contributed by atoms with Crippen LogP contribution in [0.5, 0.6) is 5.75 Å². The fraction of sp³-hybridized carbons (Fsp3) is 0.417. The van der Waals surface area contributed by atoms with Gasteiger partial charge >= 0.3 is 0 Å². The Bertz CT molecular complexity index is 569. The molecule has 19 heavy (non-hydrogen) atoms. The Balaban J connectivity index is 2.34. The van der Waals surface area contributed by atoms with Crippen molar-refractivity contribution in [3.63, 3.8) is 0 Å². The van der Waals surface area contributed by atoms with Gasteiger partial charge in [-0.1, -0.05) is 0 Å². The van der Waals surface area contributed by atoms with Gasteiger partial charge in [-0.15, -0.1) is 0 Å². The molecule has 2 rings (SSSR count). The van der Waals surface area contributed by atoms with Crippen LogP contribution in [0.3, 0.4) is 0 Å². The number of nitrogens with one attached hydrogen (secondary N) is 1. The van der Waals surface area contributed by atoms with Gasteiger partial charge < -0.3 is 10.1 Å². The molecular formula is C12H17N5OS. The van der Waals surface area contributed by atoms with Crippen LogP contribution in [0.15, 0.2) is 22.4 Å². The minimum Gasteiger partial charge on any atom is -0.490 e. The van der Waals surface area contributed by atoms with Crippen LogP contribution in [0.2, 0.25) is 0 Å².